The summed E-state index contributed by atoms with van der Waals surface area (Å²) < 4.78 is 4.52. The van der Waals surface area contributed by atoms with Crippen LogP contribution < -0.4 is 5.48 Å². The average Bonchev–Trinajstić information content (AvgIpc) is 2.28. The molecule has 86 valence electrons. The Hall–Kier alpha value is -2.04. The summed E-state index contributed by atoms with van der Waals surface area (Å²) in [5.74, 6) is -0.542. The molecule has 16 heavy (non-hydrogen) atoms. The first kappa shape index (κ1) is 12.0. The predicted molar refractivity (Wildman–Crippen MR) is 56.4 cm³/mol. The third kappa shape index (κ3) is 4.45. The Labute approximate surface area is 93.3 Å². The zero-order chi connectivity index (χ0) is 11.8. The minimum atomic E-state index is -0.774. The van der Waals surface area contributed by atoms with E-state index in [2.05, 4.69) is 9.57 Å². The number of amides is 1. The van der Waals surface area contributed by atoms with E-state index in [1.165, 1.54) is 0 Å². The number of carbonyl (C=O) groups is 2. The SMILES string of the molecule is CCOC(=O)NOC(=O)Cc1ccccc1. The van der Waals surface area contributed by atoms with Crippen molar-refractivity contribution in [2.75, 3.05) is 6.61 Å². The van der Waals surface area contributed by atoms with Crippen molar-refractivity contribution in [2.45, 2.75) is 13.3 Å². The summed E-state index contributed by atoms with van der Waals surface area (Å²) in [6.45, 7) is 1.88. The maximum atomic E-state index is 11.2. The molecule has 0 saturated carbocycles. The van der Waals surface area contributed by atoms with Crippen LogP contribution in [0, 0.1) is 0 Å². The second kappa shape index (κ2) is 6.44. The summed E-state index contributed by atoms with van der Waals surface area (Å²) in [5, 5.41) is 0. The number of rotatable bonds is 3. The first-order valence-electron chi connectivity index (χ1n) is 4.88. The highest BCUT2D eigenvalue weighted by Gasteiger charge is 2.07. The molecule has 0 aromatic heterocycles. The highest BCUT2D eigenvalue weighted by Crippen LogP contribution is 1.99. The molecule has 0 aliphatic carbocycles. The lowest BCUT2D eigenvalue weighted by atomic mass is 10.2. The van der Waals surface area contributed by atoms with Gasteiger partial charge in [0.05, 0.1) is 13.0 Å². The van der Waals surface area contributed by atoms with E-state index in [9.17, 15) is 9.59 Å². The molecule has 1 aromatic rings. The van der Waals surface area contributed by atoms with Gasteiger partial charge < -0.3 is 9.57 Å². The Balaban J connectivity index is 2.29. The fourth-order valence-electron chi connectivity index (χ4n) is 1.06. The van der Waals surface area contributed by atoms with Crippen LogP contribution in [0.3, 0.4) is 0 Å². The molecule has 1 N–H and O–H groups in total. The van der Waals surface area contributed by atoms with Crippen LogP contribution in [0.5, 0.6) is 0 Å². The zero-order valence-corrected chi connectivity index (χ0v) is 8.93. The van der Waals surface area contributed by atoms with Crippen molar-refractivity contribution in [3.8, 4) is 0 Å². The first-order valence-corrected chi connectivity index (χ1v) is 4.88. The van der Waals surface area contributed by atoms with Crippen LogP contribution in [0.1, 0.15) is 12.5 Å². The van der Waals surface area contributed by atoms with Crippen molar-refractivity contribution in [3.63, 3.8) is 0 Å². The summed E-state index contributed by atoms with van der Waals surface area (Å²) >= 11 is 0. The number of hydrogen-bond donors (Lipinski definition) is 1. The fraction of sp³-hybridized carbons (Fsp3) is 0.273. The molecular formula is C11H13NO4. The molecule has 0 spiro atoms. The molecule has 0 atom stereocenters. The first-order chi connectivity index (χ1) is 7.72. The third-order valence-corrected chi connectivity index (χ3v) is 1.71. The largest absolute Gasteiger partial charge is 0.448 e. The van der Waals surface area contributed by atoms with Gasteiger partial charge in [0.25, 0.3) is 0 Å². The summed E-state index contributed by atoms with van der Waals surface area (Å²) in [7, 11) is 0. The quantitative estimate of drug-likeness (QED) is 0.787. The minimum absolute atomic E-state index is 0.104. The Morgan fingerprint density at radius 3 is 2.56 bits per heavy atom. The molecule has 0 heterocycles. The monoisotopic (exact) mass is 223 g/mol. The standard InChI is InChI=1S/C11H13NO4/c1-2-15-11(14)12-16-10(13)8-9-6-4-3-5-7-9/h3-7H,2,8H2,1H3,(H,12,14). The van der Waals surface area contributed by atoms with Crippen LogP contribution in [0.4, 0.5) is 4.79 Å². The van der Waals surface area contributed by atoms with Crippen molar-refractivity contribution < 1.29 is 19.2 Å². The molecular weight excluding hydrogens is 210 g/mol. The third-order valence-electron chi connectivity index (χ3n) is 1.71. The van der Waals surface area contributed by atoms with E-state index < -0.39 is 12.1 Å². The number of ether oxygens (including phenoxy) is 1. The minimum Gasteiger partial charge on any atom is -0.448 e. The van der Waals surface area contributed by atoms with Crippen LogP contribution in [0.15, 0.2) is 30.3 Å². The van der Waals surface area contributed by atoms with E-state index in [4.69, 9.17) is 0 Å². The molecule has 0 saturated heterocycles. The number of benzene rings is 1. The predicted octanol–water partition coefficient (Wildman–Crippen LogP) is 1.43. The lowest BCUT2D eigenvalue weighted by molar-refractivity contribution is -0.148. The van der Waals surface area contributed by atoms with Crippen molar-refractivity contribution in [3.05, 3.63) is 35.9 Å². The van der Waals surface area contributed by atoms with E-state index in [0.29, 0.717) is 0 Å². The van der Waals surface area contributed by atoms with Gasteiger partial charge in [0, 0.05) is 0 Å². The fourth-order valence-corrected chi connectivity index (χ4v) is 1.06. The van der Waals surface area contributed by atoms with E-state index >= 15 is 0 Å². The Kier molecular flexibility index (Phi) is 4.85. The lowest BCUT2D eigenvalue weighted by Gasteiger charge is -2.05. The van der Waals surface area contributed by atoms with Gasteiger partial charge in [0.1, 0.15) is 0 Å². The summed E-state index contributed by atoms with van der Waals surface area (Å²) in [6, 6.07) is 9.09. The molecule has 5 nitrogen and oxygen atoms in total. The van der Waals surface area contributed by atoms with Gasteiger partial charge in [0.15, 0.2) is 0 Å². The average molecular weight is 223 g/mol. The number of hydroxylamine groups is 1. The molecule has 0 radical (unpaired) electrons. The van der Waals surface area contributed by atoms with Crippen LogP contribution in [-0.4, -0.2) is 18.7 Å². The smallest absolute Gasteiger partial charge is 0.440 e. The van der Waals surface area contributed by atoms with Crippen LogP contribution in [0.2, 0.25) is 0 Å². The normalized spacial score (nSPS) is 9.31. The molecule has 1 rings (SSSR count). The zero-order valence-electron chi connectivity index (χ0n) is 8.93. The highest BCUT2D eigenvalue weighted by molar-refractivity contribution is 5.75. The topological polar surface area (TPSA) is 64.6 Å². The summed E-state index contributed by atoms with van der Waals surface area (Å²) in [4.78, 5) is 26.5. The van der Waals surface area contributed by atoms with Crippen LogP contribution in [-0.2, 0) is 20.8 Å². The van der Waals surface area contributed by atoms with Crippen molar-refractivity contribution in [2.24, 2.45) is 0 Å². The second-order valence-corrected chi connectivity index (χ2v) is 2.96. The molecule has 1 amide bonds. The molecule has 0 fully saturated rings. The van der Waals surface area contributed by atoms with Gasteiger partial charge in [-0.2, -0.15) is 0 Å². The van der Waals surface area contributed by atoms with Crippen molar-refractivity contribution in [1.82, 2.24) is 5.48 Å². The Morgan fingerprint density at radius 2 is 1.94 bits per heavy atom. The molecule has 1 aromatic carbocycles. The molecule has 0 bridgehead atoms. The van der Waals surface area contributed by atoms with Gasteiger partial charge in [-0.3, -0.25) is 0 Å². The summed E-state index contributed by atoms with van der Waals surface area (Å²) in [5.41, 5.74) is 2.71. The van der Waals surface area contributed by atoms with E-state index in [1.807, 2.05) is 23.7 Å². The number of hydrogen-bond acceptors (Lipinski definition) is 4. The van der Waals surface area contributed by atoms with Gasteiger partial charge in [-0.15, -0.1) is 5.48 Å². The van der Waals surface area contributed by atoms with Crippen molar-refractivity contribution >= 4 is 12.1 Å². The van der Waals surface area contributed by atoms with Gasteiger partial charge in [-0.1, -0.05) is 30.3 Å². The molecule has 0 aliphatic heterocycles. The van der Waals surface area contributed by atoms with Gasteiger partial charge in [-0.05, 0) is 12.5 Å². The second-order valence-electron chi connectivity index (χ2n) is 2.96. The lowest BCUT2D eigenvalue weighted by Crippen LogP contribution is -2.28. The maximum Gasteiger partial charge on any atom is 0.440 e. The van der Waals surface area contributed by atoms with Gasteiger partial charge in [0.2, 0.25) is 0 Å². The van der Waals surface area contributed by atoms with E-state index in [1.54, 1.807) is 19.1 Å². The Bertz CT molecular complexity index is 350. The number of nitrogens with one attached hydrogen (secondary N) is 1. The highest BCUT2D eigenvalue weighted by atomic mass is 16.7. The molecule has 5 heteroatoms. The van der Waals surface area contributed by atoms with Crippen molar-refractivity contribution in [1.29, 1.82) is 0 Å². The van der Waals surface area contributed by atoms with E-state index in [0.717, 1.165) is 5.56 Å². The van der Waals surface area contributed by atoms with Crippen LogP contribution >= 0.6 is 0 Å². The summed E-state index contributed by atoms with van der Waals surface area (Å²) in [6.07, 6.45) is -0.670. The van der Waals surface area contributed by atoms with Crippen LogP contribution in [0.25, 0.3) is 0 Å². The maximum absolute atomic E-state index is 11.2. The van der Waals surface area contributed by atoms with E-state index in [-0.39, 0.29) is 13.0 Å². The number of carbonyl (C=O) groups excluding carboxylic acids is 2. The van der Waals surface area contributed by atoms with Gasteiger partial charge >= 0.3 is 12.1 Å². The van der Waals surface area contributed by atoms with Gasteiger partial charge in [-0.25, -0.2) is 9.59 Å². The Morgan fingerprint density at radius 1 is 1.25 bits per heavy atom. The molecule has 0 unspecified atom stereocenters. The molecule has 0 aliphatic rings.